The fourth-order valence-electron chi connectivity index (χ4n) is 1.86. The van der Waals surface area contributed by atoms with Crippen molar-refractivity contribution >= 4 is 17.8 Å². The molecule has 2 amide bonds. The van der Waals surface area contributed by atoms with Gasteiger partial charge in [0.1, 0.15) is 12.1 Å². The number of carboxylic acid groups (broad SMARTS) is 1. The number of carboxylic acids is 1. The lowest BCUT2D eigenvalue weighted by molar-refractivity contribution is -0.142. The monoisotopic (exact) mass is 297 g/mol. The number of hydrogen-bond acceptors (Lipinski definition) is 4. The van der Waals surface area contributed by atoms with Crippen molar-refractivity contribution in [3.05, 3.63) is 0 Å². The molecule has 118 valence electrons. The predicted octanol–water partition coefficient (Wildman–Crippen LogP) is 0.800. The Morgan fingerprint density at radius 2 is 1.81 bits per heavy atom. The van der Waals surface area contributed by atoms with Gasteiger partial charge < -0.3 is 15.7 Å². The van der Waals surface area contributed by atoms with Crippen LogP contribution in [0.15, 0.2) is 0 Å². The Labute approximate surface area is 124 Å². The van der Waals surface area contributed by atoms with Crippen molar-refractivity contribution in [3.8, 4) is 6.07 Å². The van der Waals surface area contributed by atoms with Crippen LogP contribution in [0, 0.1) is 17.2 Å². The second kappa shape index (κ2) is 9.75. The summed E-state index contributed by atoms with van der Waals surface area (Å²) >= 11 is 0. The Hall–Kier alpha value is -2.10. The van der Waals surface area contributed by atoms with Crippen molar-refractivity contribution < 1.29 is 19.5 Å². The SMILES string of the molecule is CC(=O)N[C@@H](CC(C)C)C(=O)N[C@@H](CCCC#N)C(=O)O. The Balaban J connectivity index is 4.69. The molecular weight excluding hydrogens is 274 g/mol. The van der Waals surface area contributed by atoms with Crippen molar-refractivity contribution in [1.82, 2.24) is 10.6 Å². The minimum Gasteiger partial charge on any atom is -0.480 e. The van der Waals surface area contributed by atoms with Gasteiger partial charge in [0.25, 0.3) is 0 Å². The average Bonchev–Trinajstić information content (AvgIpc) is 2.35. The van der Waals surface area contributed by atoms with Crippen molar-refractivity contribution in [1.29, 1.82) is 5.26 Å². The third-order valence-corrected chi connectivity index (χ3v) is 2.80. The summed E-state index contributed by atoms with van der Waals surface area (Å²) in [6, 6.07) is 0.131. The first-order chi connectivity index (χ1) is 9.77. The summed E-state index contributed by atoms with van der Waals surface area (Å²) in [7, 11) is 0. The van der Waals surface area contributed by atoms with E-state index in [9.17, 15) is 14.4 Å². The fraction of sp³-hybridized carbons (Fsp3) is 0.714. The molecule has 3 N–H and O–H groups in total. The minimum absolute atomic E-state index is 0.175. The van der Waals surface area contributed by atoms with Gasteiger partial charge in [0.05, 0.1) is 6.07 Å². The van der Waals surface area contributed by atoms with Gasteiger partial charge in [0.2, 0.25) is 11.8 Å². The first-order valence-electron chi connectivity index (χ1n) is 6.95. The Bertz CT molecular complexity index is 415. The van der Waals surface area contributed by atoms with Crippen LogP contribution < -0.4 is 10.6 Å². The first kappa shape index (κ1) is 18.9. The lowest BCUT2D eigenvalue weighted by Crippen LogP contribution is -2.51. The summed E-state index contributed by atoms with van der Waals surface area (Å²) in [4.78, 5) is 34.3. The number of amides is 2. The highest BCUT2D eigenvalue weighted by molar-refractivity contribution is 5.89. The normalized spacial score (nSPS) is 13.1. The highest BCUT2D eigenvalue weighted by Gasteiger charge is 2.26. The van der Waals surface area contributed by atoms with E-state index in [-0.39, 0.29) is 24.7 Å². The van der Waals surface area contributed by atoms with E-state index in [1.165, 1.54) is 6.92 Å². The maximum absolute atomic E-state index is 12.1. The Kier molecular flexibility index (Phi) is 8.77. The molecule has 0 aliphatic carbocycles. The molecule has 0 unspecified atom stereocenters. The van der Waals surface area contributed by atoms with Gasteiger partial charge in [-0.3, -0.25) is 9.59 Å². The van der Waals surface area contributed by atoms with E-state index < -0.39 is 24.0 Å². The molecule has 0 rings (SSSR count). The van der Waals surface area contributed by atoms with E-state index in [2.05, 4.69) is 10.6 Å². The second-order valence-electron chi connectivity index (χ2n) is 5.33. The molecule has 0 spiro atoms. The van der Waals surface area contributed by atoms with Crippen LogP contribution >= 0.6 is 0 Å². The third kappa shape index (κ3) is 8.63. The largest absolute Gasteiger partial charge is 0.480 e. The summed E-state index contributed by atoms with van der Waals surface area (Å²) in [6.45, 7) is 5.12. The summed E-state index contributed by atoms with van der Waals surface area (Å²) in [6.07, 6.45) is 1.24. The molecule has 7 nitrogen and oxygen atoms in total. The number of unbranched alkanes of at least 4 members (excludes halogenated alkanes) is 1. The molecule has 0 aliphatic rings. The average molecular weight is 297 g/mol. The Morgan fingerprint density at radius 1 is 1.19 bits per heavy atom. The number of nitrogens with zero attached hydrogens (tertiary/aromatic N) is 1. The van der Waals surface area contributed by atoms with Crippen molar-refractivity contribution in [2.75, 3.05) is 0 Å². The van der Waals surface area contributed by atoms with E-state index in [0.717, 1.165) is 0 Å². The second-order valence-corrected chi connectivity index (χ2v) is 5.33. The van der Waals surface area contributed by atoms with E-state index in [1.54, 1.807) is 0 Å². The van der Waals surface area contributed by atoms with E-state index in [0.29, 0.717) is 12.8 Å². The first-order valence-corrected chi connectivity index (χ1v) is 6.95. The van der Waals surface area contributed by atoms with Gasteiger partial charge in [0.15, 0.2) is 0 Å². The van der Waals surface area contributed by atoms with Gasteiger partial charge in [-0.05, 0) is 25.2 Å². The van der Waals surface area contributed by atoms with Crippen molar-refractivity contribution in [2.45, 2.75) is 58.5 Å². The fourth-order valence-corrected chi connectivity index (χ4v) is 1.86. The van der Waals surface area contributed by atoms with Crippen LogP contribution in [0.3, 0.4) is 0 Å². The Morgan fingerprint density at radius 3 is 2.24 bits per heavy atom. The summed E-state index contributed by atoms with van der Waals surface area (Å²) in [5.74, 6) is -1.82. The van der Waals surface area contributed by atoms with Gasteiger partial charge in [-0.1, -0.05) is 13.8 Å². The lowest BCUT2D eigenvalue weighted by Gasteiger charge is -2.22. The maximum Gasteiger partial charge on any atom is 0.326 e. The standard InChI is InChI=1S/C14H23N3O4/c1-9(2)8-12(16-10(3)18)13(19)17-11(14(20)21)6-4-5-7-15/h9,11-12H,4-6,8H2,1-3H3,(H,16,18)(H,17,19)(H,20,21)/t11-,12-/m0/s1. The third-order valence-electron chi connectivity index (χ3n) is 2.80. The zero-order chi connectivity index (χ0) is 16.4. The van der Waals surface area contributed by atoms with Crippen LogP contribution in [-0.4, -0.2) is 35.0 Å². The van der Waals surface area contributed by atoms with Gasteiger partial charge in [-0.25, -0.2) is 4.79 Å². The topological polar surface area (TPSA) is 119 Å². The summed E-state index contributed by atoms with van der Waals surface area (Å²) in [5, 5.41) is 22.5. The number of hydrogen-bond donors (Lipinski definition) is 3. The van der Waals surface area contributed by atoms with Crippen LogP contribution in [0.1, 0.15) is 46.5 Å². The molecule has 0 bridgehead atoms. The van der Waals surface area contributed by atoms with Crippen LogP contribution in [-0.2, 0) is 14.4 Å². The molecule has 21 heavy (non-hydrogen) atoms. The molecule has 0 heterocycles. The maximum atomic E-state index is 12.1. The van der Waals surface area contributed by atoms with Gasteiger partial charge in [0, 0.05) is 13.3 Å². The van der Waals surface area contributed by atoms with Crippen LogP contribution in [0.25, 0.3) is 0 Å². The molecule has 0 aliphatic heterocycles. The molecule has 0 fully saturated rings. The highest BCUT2D eigenvalue weighted by Crippen LogP contribution is 2.07. The quantitative estimate of drug-likeness (QED) is 0.544. The molecule has 0 radical (unpaired) electrons. The number of nitrogens with one attached hydrogen (secondary N) is 2. The molecule has 0 saturated heterocycles. The van der Waals surface area contributed by atoms with Crippen molar-refractivity contribution in [2.24, 2.45) is 5.92 Å². The number of aliphatic carboxylic acids is 1. The number of carbonyl (C=O) groups excluding carboxylic acids is 2. The molecular formula is C14H23N3O4. The minimum atomic E-state index is -1.15. The van der Waals surface area contributed by atoms with E-state index in [1.807, 2.05) is 19.9 Å². The molecule has 0 saturated carbocycles. The van der Waals surface area contributed by atoms with Gasteiger partial charge >= 0.3 is 5.97 Å². The number of rotatable bonds is 9. The van der Waals surface area contributed by atoms with Crippen molar-refractivity contribution in [3.63, 3.8) is 0 Å². The van der Waals surface area contributed by atoms with Gasteiger partial charge in [-0.15, -0.1) is 0 Å². The molecule has 2 atom stereocenters. The molecule has 0 aromatic rings. The zero-order valence-corrected chi connectivity index (χ0v) is 12.7. The van der Waals surface area contributed by atoms with E-state index >= 15 is 0 Å². The smallest absolute Gasteiger partial charge is 0.326 e. The van der Waals surface area contributed by atoms with Crippen LogP contribution in [0.4, 0.5) is 0 Å². The van der Waals surface area contributed by atoms with Crippen LogP contribution in [0.2, 0.25) is 0 Å². The summed E-state index contributed by atoms with van der Waals surface area (Å²) in [5.41, 5.74) is 0. The lowest BCUT2D eigenvalue weighted by atomic mass is 10.0. The molecule has 0 aromatic heterocycles. The highest BCUT2D eigenvalue weighted by atomic mass is 16.4. The van der Waals surface area contributed by atoms with Crippen LogP contribution in [0.5, 0.6) is 0 Å². The number of nitriles is 1. The van der Waals surface area contributed by atoms with E-state index in [4.69, 9.17) is 10.4 Å². The zero-order valence-electron chi connectivity index (χ0n) is 12.7. The summed E-state index contributed by atoms with van der Waals surface area (Å²) < 4.78 is 0. The number of carbonyl (C=O) groups is 3. The molecule has 0 aromatic carbocycles. The van der Waals surface area contributed by atoms with Gasteiger partial charge in [-0.2, -0.15) is 5.26 Å². The molecule has 7 heteroatoms. The predicted molar refractivity (Wildman–Crippen MR) is 76.1 cm³/mol.